The van der Waals surface area contributed by atoms with Crippen LogP contribution in [0.2, 0.25) is 0 Å². The van der Waals surface area contributed by atoms with Crippen LogP contribution in [0.4, 0.5) is 5.69 Å². The smallest absolute Gasteiger partial charge is 0.236 e. The molecule has 0 spiro atoms. The van der Waals surface area contributed by atoms with Crippen molar-refractivity contribution in [2.75, 3.05) is 31.1 Å². The number of anilines is 1. The molecule has 1 fully saturated rings. The highest BCUT2D eigenvalue weighted by atomic mass is 32.2. The number of carbonyl (C=O) groups is 1. The van der Waals surface area contributed by atoms with E-state index in [9.17, 15) is 4.79 Å². The summed E-state index contributed by atoms with van der Waals surface area (Å²) in [6, 6.07) is 24.5. The first-order chi connectivity index (χ1) is 17.2. The van der Waals surface area contributed by atoms with Crippen LogP contribution in [0.1, 0.15) is 12.5 Å². The van der Waals surface area contributed by atoms with E-state index < -0.39 is 0 Å². The molecule has 0 unspecified atom stereocenters. The summed E-state index contributed by atoms with van der Waals surface area (Å²) in [5.74, 6) is 0.914. The van der Waals surface area contributed by atoms with E-state index in [1.165, 1.54) is 17.4 Å². The van der Waals surface area contributed by atoms with E-state index in [2.05, 4.69) is 61.0 Å². The first-order valence-corrected chi connectivity index (χ1v) is 12.7. The highest BCUT2D eigenvalue weighted by Gasteiger charge is 2.27. The monoisotopic (exact) mass is 484 g/mol. The average molecular weight is 485 g/mol. The molecule has 0 aliphatic carbocycles. The van der Waals surface area contributed by atoms with E-state index in [1.807, 2.05) is 48.2 Å². The van der Waals surface area contributed by atoms with Gasteiger partial charge in [-0.05, 0) is 36.8 Å². The molecule has 1 saturated heterocycles. The van der Waals surface area contributed by atoms with Crippen molar-refractivity contribution < 1.29 is 4.79 Å². The van der Waals surface area contributed by atoms with Gasteiger partial charge in [0.15, 0.2) is 11.0 Å². The summed E-state index contributed by atoms with van der Waals surface area (Å²) in [6.07, 6.45) is 3.51. The number of carbonyl (C=O) groups excluding carboxylic acids is 1. The summed E-state index contributed by atoms with van der Waals surface area (Å²) >= 11 is 1.47. The highest BCUT2D eigenvalue weighted by Crippen LogP contribution is 2.29. The Morgan fingerprint density at radius 3 is 2.23 bits per heavy atom. The van der Waals surface area contributed by atoms with Gasteiger partial charge in [0.2, 0.25) is 5.91 Å². The Hall–Kier alpha value is -3.65. The average Bonchev–Trinajstić information content (AvgIpc) is 3.31. The van der Waals surface area contributed by atoms with Crippen molar-refractivity contribution >= 4 is 23.4 Å². The van der Waals surface area contributed by atoms with Crippen molar-refractivity contribution in [1.29, 1.82) is 0 Å². The maximum Gasteiger partial charge on any atom is 0.236 e. The third-order valence-electron chi connectivity index (χ3n) is 6.18. The Morgan fingerprint density at radius 2 is 1.54 bits per heavy atom. The summed E-state index contributed by atoms with van der Waals surface area (Å²) in [5, 5.41) is 9.45. The normalized spacial score (nSPS) is 14.7. The van der Waals surface area contributed by atoms with Gasteiger partial charge in [0.05, 0.1) is 11.8 Å². The lowest BCUT2D eigenvalue weighted by molar-refractivity contribution is -0.130. The molecule has 2 aromatic heterocycles. The minimum atomic E-state index is -0.262. The molecule has 1 aliphatic heterocycles. The number of pyridine rings is 1. The number of nitrogens with zero attached hydrogens (tertiary/aromatic N) is 6. The van der Waals surface area contributed by atoms with Gasteiger partial charge in [0.25, 0.3) is 0 Å². The summed E-state index contributed by atoms with van der Waals surface area (Å²) in [7, 11) is 0. The summed E-state index contributed by atoms with van der Waals surface area (Å²) in [4.78, 5) is 21.7. The molecule has 0 N–H and O–H groups in total. The van der Waals surface area contributed by atoms with Crippen LogP contribution >= 0.6 is 11.8 Å². The topological polar surface area (TPSA) is 67.2 Å². The fraction of sp³-hybridized carbons (Fsp3) is 0.259. The van der Waals surface area contributed by atoms with E-state index in [4.69, 9.17) is 0 Å². The van der Waals surface area contributed by atoms with Crippen LogP contribution in [0.15, 0.2) is 90.3 Å². The van der Waals surface area contributed by atoms with Gasteiger partial charge < -0.3 is 9.80 Å². The number of piperazine rings is 1. The van der Waals surface area contributed by atoms with Crippen molar-refractivity contribution in [3.63, 3.8) is 0 Å². The van der Waals surface area contributed by atoms with Crippen molar-refractivity contribution in [1.82, 2.24) is 24.6 Å². The van der Waals surface area contributed by atoms with Crippen LogP contribution < -0.4 is 4.90 Å². The fourth-order valence-electron chi connectivity index (χ4n) is 4.29. The molecule has 3 heterocycles. The zero-order valence-corrected chi connectivity index (χ0v) is 20.5. The number of hydrogen-bond acceptors (Lipinski definition) is 6. The predicted molar refractivity (Wildman–Crippen MR) is 139 cm³/mol. The fourth-order valence-corrected chi connectivity index (χ4v) is 5.22. The second kappa shape index (κ2) is 10.7. The quantitative estimate of drug-likeness (QED) is 0.366. The van der Waals surface area contributed by atoms with E-state index in [1.54, 1.807) is 12.4 Å². The SMILES string of the molecule is C[C@@H](Sc1nnc(-c2ccncc2)n1Cc1ccccc1)C(=O)N1CCN(c2ccccc2)CC1. The zero-order chi connectivity index (χ0) is 24.0. The number of thioether (sulfide) groups is 1. The molecule has 0 saturated carbocycles. The molecule has 5 rings (SSSR count). The number of para-hydroxylation sites is 1. The van der Waals surface area contributed by atoms with E-state index >= 15 is 0 Å². The third-order valence-corrected chi connectivity index (χ3v) is 7.25. The number of benzene rings is 2. The Balaban J connectivity index is 1.30. The summed E-state index contributed by atoms with van der Waals surface area (Å²) < 4.78 is 2.09. The Morgan fingerprint density at radius 1 is 0.886 bits per heavy atom. The van der Waals surface area contributed by atoms with Gasteiger partial charge in [0, 0.05) is 49.8 Å². The number of aromatic nitrogens is 4. The second-order valence-corrected chi connectivity index (χ2v) is 9.83. The van der Waals surface area contributed by atoms with E-state index in [0.29, 0.717) is 6.54 Å². The van der Waals surface area contributed by atoms with Gasteiger partial charge in [-0.25, -0.2) is 0 Å². The Labute approximate surface area is 209 Å². The molecule has 1 atom stereocenters. The third kappa shape index (κ3) is 5.38. The molecule has 4 aromatic rings. The number of amides is 1. The molecule has 1 aliphatic rings. The van der Waals surface area contributed by atoms with Crippen molar-refractivity contribution in [3.8, 4) is 11.4 Å². The standard InChI is InChI=1S/C27H28N6OS/c1-21(26(34)32-18-16-31(17-19-32)24-10-6-3-7-11-24)35-27-30-29-25(23-12-14-28-15-13-23)33(27)20-22-8-4-2-5-9-22/h2-15,21H,16-20H2,1H3/t21-/m1/s1. The molecule has 0 bridgehead atoms. The lowest BCUT2D eigenvalue weighted by Gasteiger charge is -2.37. The molecule has 0 radical (unpaired) electrons. The van der Waals surface area contributed by atoms with Gasteiger partial charge in [-0.2, -0.15) is 0 Å². The highest BCUT2D eigenvalue weighted by molar-refractivity contribution is 8.00. The van der Waals surface area contributed by atoms with E-state index in [-0.39, 0.29) is 11.2 Å². The van der Waals surface area contributed by atoms with Crippen LogP contribution in [0.3, 0.4) is 0 Å². The molecular weight excluding hydrogens is 456 g/mol. The maximum atomic E-state index is 13.3. The maximum absolute atomic E-state index is 13.3. The molecule has 35 heavy (non-hydrogen) atoms. The zero-order valence-electron chi connectivity index (χ0n) is 19.7. The summed E-state index contributed by atoms with van der Waals surface area (Å²) in [5.41, 5.74) is 3.31. The largest absolute Gasteiger partial charge is 0.368 e. The van der Waals surface area contributed by atoms with Gasteiger partial charge in [0.1, 0.15) is 0 Å². The molecule has 1 amide bonds. The van der Waals surface area contributed by atoms with Gasteiger partial charge >= 0.3 is 0 Å². The minimum Gasteiger partial charge on any atom is -0.368 e. The van der Waals surface area contributed by atoms with E-state index in [0.717, 1.165) is 48.3 Å². The van der Waals surface area contributed by atoms with Crippen LogP contribution in [-0.2, 0) is 11.3 Å². The van der Waals surface area contributed by atoms with Crippen LogP contribution in [0, 0.1) is 0 Å². The van der Waals surface area contributed by atoms with Crippen molar-refractivity contribution in [2.24, 2.45) is 0 Å². The Bertz CT molecular complexity index is 1240. The number of hydrogen-bond donors (Lipinski definition) is 0. The Kier molecular flexibility index (Phi) is 7.09. The molecule has 8 heteroatoms. The lowest BCUT2D eigenvalue weighted by atomic mass is 10.2. The molecule has 2 aromatic carbocycles. The van der Waals surface area contributed by atoms with Gasteiger partial charge in [-0.15, -0.1) is 10.2 Å². The molecule has 7 nitrogen and oxygen atoms in total. The first kappa shape index (κ1) is 23.1. The molecular formula is C27H28N6OS. The van der Waals surface area contributed by atoms with Crippen LogP contribution in [-0.4, -0.2) is 62.0 Å². The minimum absolute atomic E-state index is 0.141. The van der Waals surface area contributed by atoms with Crippen LogP contribution in [0.25, 0.3) is 11.4 Å². The van der Waals surface area contributed by atoms with Crippen LogP contribution in [0.5, 0.6) is 0 Å². The number of rotatable bonds is 7. The first-order valence-electron chi connectivity index (χ1n) is 11.8. The second-order valence-electron chi connectivity index (χ2n) is 8.52. The predicted octanol–water partition coefficient (Wildman–Crippen LogP) is 4.22. The molecule has 178 valence electrons. The van der Waals surface area contributed by atoms with Crippen molar-refractivity contribution in [2.45, 2.75) is 23.9 Å². The van der Waals surface area contributed by atoms with Gasteiger partial charge in [-0.1, -0.05) is 60.3 Å². The lowest BCUT2D eigenvalue weighted by Crippen LogP contribution is -2.50. The van der Waals surface area contributed by atoms with Crippen molar-refractivity contribution in [3.05, 3.63) is 90.8 Å². The summed E-state index contributed by atoms with van der Waals surface area (Å²) in [6.45, 7) is 5.71. The van der Waals surface area contributed by atoms with Gasteiger partial charge in [-0.3, -0.25) is 14.3 Å².